The summed E-state index contributed by atoms with van der Waals surface area (Å²) < 4.78 is 11.3. The van der Waals surface area contributed by atoms with Gasteiger partial charge >= 0.3 is 0 Å². The summed E-state index contributed by atoms with van der Waals surface area (Å²) in [6, 6.07) is -0.806. The van der Waals surface area contributed by atoms with Gasteiger partial charge in [-0.2, -0.15) is 0 Å². The standard InChI is InChI=1S/C67H123NO8/c1-3-5-7-9-11-13-15-17-19-21-23-25-27-28-29-30-31-32-33-34-35-37-39-41-43-45-47-49-51-53-55-57-63(71)68-60(59-75-67-66(74)65(73)64(72)62(58-69)76-67)61(70)56-54-52-50-48-46-44-42-40-38-36-26-24-22-20-18-16-14-12-10-8-6-4-2/h5,7,11,13,17,19,23,25,54,56,60-62,64-67,69-70,72-74H,3-4,6,8-10,12,14-16,18,20-22,24,26-53,55,57-59H2,1-2H3,(H,68,71)/b7-5-,13-11-,19-17-,25-23-,56-54+. The average molecular weight is 1070 g/mol. The molecule has 1 aliphatic rings. The zero-order chi connectivity index (χ0) is 55.0. The number of ether oxygens (including phenoxy) is 2. The first-order chi connectivity index (χ1) is 37.3. The Kier molecular flexibility index (Phi) is 53.1. The van der Waals surface area contributed by atoms with Gasteiger partial charge < -0.3 is 40.3 Å². The van der Waals surface area contributed by atoms with Crippen LogP contribution in [0, 0.1) is 0 Å². The SMILES string of the molecule is CC/C=C\C/C=C\C/C=C\C/C=C\CCCCCCCCCCCCCCCCCCCCC(=O)NC(COC1OC(CO)C(O)C(O)C1O)C(O)/C=C/CCCCCCCCCCCCCCCCCCCCCC. The van der Waals surface area contributed by atoms with Crippen LogP contribution < -0.4 is 5.32 Å². The fourth-order valence-electron chi connectivity index (χ4n) is 10.3. The number of carbonyl (C=O) groups is 1. The molecule has 1 fully saturated rings. The molecule has 0 aromatic heterocycles. The van der Waals surface area contributed by atoms with E-state index in [1.54, 1.807) is 6.08 Å². The summed E-state index contributed by atoms with van der Waals surface area (Å²) >= 11 is 0. The summed E-state index contributed by atoms with van der Waals surface area (Å²) in [5.74, 6) is -0.173. The highest BCUT2D eigenvalue weighted by atomic mass is 16.7. The minimum atomic E-state index is -1.57. The normalized spacial score (nSPS) is 19.2. The van der Waals surface area contributed by atoms with Gasteiger partial charge in [-0.25, -0.2) is 0 Å². The van der Waals surface area contributed by atoms with Crippen molar-refractivity contribution >= 4 is 5.91 Å². The van der Waals surface area contributed by atoms with Crippen LogP contribution in [0.3, 0.4) is 0 Å². The molecule has 1 amide bonds. The minimum Gasteiger partial charge on any atom is -0.394 e. The van der Waals surface area contributed by atoms with Crippen molar-refractivity contribution in [3.05, 3.63) is 60.8 Å². The van der Waals surface area contributed by atoms with Crippen molar-refractivity contribution in [1.82, 2.24) is 5.32 Å². The van der Waals surface area contributed by atoms with E-state index in [0.717, 1.165) is 64.2 Å². The Morgan fingerprint density at radius 1 is 0.461 bits per heavy atom. The predicted octanol–water partition coefficient (Wildman–Crippen LogP) is 17.0. The van der Waals surface area contributed by atoms with Crippen LogP contribution in [0.4, 0.5) is 0 Å². The second-order valence-corrected chi connectivity index (χ2v) is 22.5. The van der Waals surface area contributed by atoms with E-state index in [-0.39, 0.29) is 12.5 Å². The lowest BCUT2D eigenvalue weighted by Gasteiger charge is -2.40. The summed E-state index contributed by atoms with van der Waals surface area (Å²) in [7, 11) is 0. The molecule has 0 spiro atoms. The zero-order valence-electron chi connectivity index (χ0n) is 49.5. The van der Waals surface area contributed by atoms with Gasteiger partial charge in [0.05, 0.1) is 25.4 Å². The lowest BCUT2D eigenvalue weighted by Crippen LogP contribution is -2.60. The third kappa shape index (κ3) is 44.7. The molecule has 0 bridgehead atoms. The number of hydrogen-bond acceptors (Lipinski definition) is 8. The third-order valence-corrected chi connectivity index (χ3v) is 15.3. The molecule has 1 rings (SSSR count). The second-order valence-electron chi connectivity index (χ2n) is 22.5. The maximum Gasteiger partial charge on any atom is 0.220 e. The Bertz CT molecular complexity index is 1380. The maximum absolute atomic E-state index is 13.1. The van der Waals surface area contributed by atoms with Crippen molar-refractivity contribution in [1.29, 1.82) is 0 Å². The largest absolute Gasteiger partial charge is 0.394 e. The molecule has 0 saturated carbocycles. The predicted molar refractivity (Wildman–Crippen MR) is 322 cm³/mol. The first kappa shape index (κ1) is 71.9. The van der Waals surface area contributed by atoms with Gasteiger partial charge in [-0.1, -0.05) is 299 Å². The highest BCUT2D eigenvalue weighted by molar-refractivity contribution is 5.76. The molecule has 9 nitrogen and oxygen atoms in total. The van der Waals surface area contributed by atoms with Crippen LogP contribution in [0.25, 0.3) is 0 Å². The molecule has 1 aliphatic heterocycles. The topological polar surface area (TPSA) is 149 Å². The van der Waals surface area contributed by atoms with Crippen LogP contribution >= 0.6 is 0 Å². The maximum atomic E-state index is 13.1. The Morgan fingerprint density at radius 2 is 0.816 bits per heavy atom. The molecule has 0 aromatic carbocycles. The Balaban J connectivity index is 2.15. The number of unbranched alkanes of at least 4 members (excludes halogenated alkanes) is 38. The molecule has 0 radical (unpaired) electrons. The highest BCUT2D eigenvalue weighted by Crippen LogP contribution is 2.23. The van der Waals surface area contributed by atoms with Crippen LogP contribution in [-0.4, -0.2) is 87.5 Å². The molecule has 1 saturated heterocycles. The van der Waals surface area contributed by atoms with E-state index in [1.807, 2.05) is 6.08 Å². The van der Waals surface area contributed by atoms with E-state index in [0.29, 0.717) is 6.42 Å². The average Bonchev–Trinajstić information content (AvgIpc) is 3.42. The van der Waals surface area contributed by atoms with E-state index in [2.05, 4.69) is 67.8 Å². The molecule has 9 heteroatoms. The number of rotatable bonds is 56. The van der Waals surface area contributed by atoms with Crippen molar-refractivity contribution in [2.75, 3.05) is 13.2 Å². The smallest absolute Gasteiger partial charge is 0.220 e. The fourth-order valence-corrected chi connectivity index (χ4v) is 10.3. The van der Waals surface area contributed by atoms with Crippen LogP contribution in [0.5, 0.6) is 0 Å². The monoisotopic (exact) mass is 1070 g/mol. The van der Waals surface area contributed by atoms with Crippen molar-refractivity contribution in [2.24, 2.45) is 0 Å². The molecular formula is C67H123NO8. The zero-order valence-corrected chi connectivity index (χ0v) is 49.5. The number of allylic oxidation sites excluding steroid dienone is 9. The first-order valence-corrected chi connectivity index (χ1v) is 32.5. The fraction of sp³-hybridized carbons (Fsp3) is 0.836. The van der Waals surface area contributed by atoms with Gasteiger partial charge in [-0.15, -0.1) is 0 Å². The van der Waals surface area contributed by atoms with E-state index in [4.69, 9.17) is 9.47 Å². The summed E-state index contributed by atoms with van der Waals surface area (Å²) in [6.45, 7) is 3.70. The van der Waals surface area contributed by atoms with Crippen molar-refractivity contribution in [2.45, 2.75) is 346 Å². The molecule has 6 N–H and O–H groups in total. The molecule has 7 atom stereocenters. The van der Waals surface area contributed by atoms with E-state index in [1.165, 1.54) is 218 Å². The number of hydrogen-bond donors (Lipinski definition) is 6. The lowest BCUT2D eigenvalue weighted by molar-refractivity contribution is -0.302. The Labute approximate surface area is 468 Å². The van der Waals surface area contributed by atoms with Crippen LogP contribution in [-0.2, 0) is 14.3 Å². The lowest BCUT2D eigenvalue weighted by atomic mass is 9.99. The van der Waals surface area contributed by atoms with Crippen LogP contribution in [0.2, 0.25) is 0 Å². The van der Waals surface area contributed by atoms with Gasteiger partial charge in [0, 0.05) is 6.42 Å². The van der Waals surface area contributed by atoms with Crippen LogP contribution in [0.1, 0.15) is 303 Å². The number of nitrogens with one attached hydrogen (secondary N) is 1. The van der Waals surface area contributed by atoms with Gasteiger partial charge in [0.15, 0.2) is 6.29 Å². The molecule has 1 heterocycles. The Morgan fingerprint density at radius 3 is 1.21 bits per heavy atom. The van der Waals surface area contributed by atoms with E-state index in [9.17, 15) is 30.3 Å². The van der Waals surface area contributed by atoms with Crippen molar-refractivity contribution < 1.29 is 39.8 Å². The molecule has 76 heavy (non-hydrogen) atoms. The van der Waals surface area contributed by atoms with Crippen molar-refractivity contribution in [3.8, 4) is 0 Å². The van der Waals surface area contributed by atoms with Gasteiger partial charge in [0.2, 0.25) is 5.91 Å². The molecule has 7 unspecified atom stereocenters. The number of carbonyl (C=O) groups excluding carboxylic acids is 1. The van der Waals surface area contributed by atoms with Crippen LogP contribution in [0.15, 0.2) is 60.8 Å². The second kappa shape index (κ2) is 56.2. The van der Waals surface area contributed by atoms with Gasteiger partial charge in [-0.05, 0) is 57.8 Å². The summed E-state index contributed by atoms with van der Waals surface area (Å²) in [5.41, 5.74) is 0. The highest BCUT2D eigenvalue weighted by Gasteiger charge is 2.44. The molecule has 444 valence electrons. The van der Waals surface area contributed by atoms with Gasteiger partial charge in [0.25, 0.3) is 0 Å². The summed E-state index contributed by atoms with van der Waals surface area (Å²) in [4.78, 5) is 13.1. The van der Waals surface area contributed by atoms with E-state index >= 15 is 0 Å². The molecule has 0 aromatic rings. The Hall–Kier alpha value is -2.11. The molecular weight excluding hydrogens is 947 g/mol. The molecule has 0 aliphatic carbocycles. The summed E-state index contributed by atoms with van der Waals surface area (Å²) in [6.07, 6.45) is 70.2. The van der Waals surface area contributed by atoms with Crippen molar-refractivity contribution in [3.63, 3.8) is 0 Å². The quantitative estimate of drug-likeness (QED) is 0.0261. The first-order valence-electron chi connectivity index (χ1n) is 32.5. The number of aliphatic hydroxyl groups is 5. The van der Waals surface area contributed by atoms with Gasteiger partial charge in [-0.3, -0.25) is 4.79 Å². The minimum absolute atomic E-state index is 0.173. The van der Waals surface area contributed by atoms with E-state index < -0.39 is 49.5 Å². The number of aliphatic hydroxyl groups excluding tert-OH is 5. The number of amides is 1. The summed E-state index contributed by atoms with van der Waals surface area (Å²) in [5, 5.41) is 54.7. The van der Waals surface area contributed by atoms with Gasteiger partial charge in [0.1, 0.15) is 24.4 Å². The third-order valence-electron chi connectivity index (χ3n) is 15.3.